The van der Waals surface area contributed by atoms with Gasteiger partial charge in [-0.25, -0.2) is 0 Å². The zero-order valence-electron chi connectivity index (χ0n) is 8.12. The van der Waals surface area contributed by atoms with Gasteiger partial charge in [0.15, 0.2) is 0 Å². The normalized spacial score (nSPS) is 10.0. The van der Waals surface area contributed by atoms with Crippen LogP contribution in [0.1, 0.15) is 26.2 Å². The zero-order valence-corrected chi connectivity index (χ0v) is 8.94. The highest BCUT2D eigenvalue weighted by Crippen LogP contribution is 2.02. The molecule has 0 atom stereocenters. The molecule has 3 nitrogen and oxygen atoms in total. The lowest BCUT2D eigenvalue weighted by molar-refractivity contribution is -0.143. The Labute approximate surface area is 83.9 Å². The van der Waals surface area contributed by atoms with Gasteiger partial charge in [0, 0.05) is 11.5 Å². The smallest absolute Gasteiger partial charge is 0.306 e. The van der Waals surface area contributed by atoms with Crippen molar-refractivity contribution in [3.8, 4) is 0 Å². The molecule has 0 fully saturated rings. The Bertz CT molecular complexity index is 128. The number of aliphatic hydroxyl groups excluding tert-OH is 1. The van der Waals surface area contributed by atoms with E-state index in [1.165, 1.54) is 0 Å². The summed E-state index contributed by atoms with van der Waals surface area (Å²) in [6, 6.07) is 0. The molecule has 0 aliphatic heterocycles. The lowest BCUT2D eigenvalue weighted by Crippen LogP contribution is -2.06. The molecule has 0 saturated carbocycles. The second kappa shape index (κ2) is 9.86. The number of aliphatic hydroxyl groups is 1. The molecule has 0 amide bonds. The minimum atomic E-state index is -0.126. The summed E-state index contributed by atoms with van der Waals surface area (Å²) < 4.78 is 4.95. The van der Waals surface area contributed by atoms with Gasteiger partial charge in [0.2, 0.25) is 0 Å². The number of ether oxygens (including phenoxy) is 1. The lowest BCUT2D eigenvalue weighted by Gasteiger charge is -2.02. The average molecular weight is 206 g/mol. The number of rotatable bonds is 8. The van der Waals surface area contributed by atoms with E-state index in [1.54, 1.807) is 11.8 Å². The van der Waals surface area contributed by atoms with Crippen LogP contribution < -0.4 is 0 Å². The van der Waals surface area contributed by atoms with E-state index in [9.17, 15) is 4.79 Å². The standard InChI is InChI=1S/C9H18O3S/c1-2-3-6-12-9(11)4-7-13-8-5-10/h10H,2-8H2,1H3. The molecule has 0 bridgehead atoms. The molecule has 0 unspecified atom stereocenters. The van der Waals surface area contributed by atoms with E-state index >= 15 is 0 Å². The largest absolute Gasteiger partial charge is 0.466 e. The van der Waals surface area contributed by atoms with Crippen LogP contribution in [0.25, 0.3) is 0 Å². The maximum Gasteiger partial charge on any atom is 0.306 e. The molecular weight excluding hydrogens is 188 g/mol. The van der Waals surface area contributed by atoms with Gasteiger partial charge in [-0.2, -0.15) is 11.8 Å². The van der Waals surface area contributed by atoms with Crippen LogP contribution in [0.4, 0.5) is 0 Å². The van der Waals surface area contributed by atoms with Crippen molar-refractivity contribution >= 4 is 17.7 Å². The fourth-order valence-electron chi connectivity index (χ4n) is 0.725. The third-order valence-electron chi connectivity index (χ3n) is 1.45. The van der Waals surface area contributed by atoms with E-state index in [0.717, 1.165) is 18.6 Å². The first-order valence-corrected chi connectivity index (χ1v) is 5.81. The van der Waals surface area contributed by atoms with Crippen molar-refractivity contribution in [2.24, 2.45) is 0 Å². The summed E-state index contributed by atoms with van der Waals surface area (Å²) in [4.78, 5) is 11.0. The second-order valence-corrected chi connectivity index (χ2v) is 3.88. The Hall–Kier alpha value is -0.220. The first-order valence-electron chi connectivity index (χ1n) is 4.65. The third-order valence-corrected chi connectivity index (χ3v) is 2.41. The van der Waals surface area contributed by atoms with Crippen LogP contribution in [-0.4, -0.2) is 35.8 Å². The van der Waals surface area contributed by atoms with Gasteiger partial charge in [-0.05, 0) is 6.42 Å². The molecule has 0 radical (unpaired) electrons. The second-order valence-electron chi connectivity index (χ2n) is 2.66. The first-order chi connectivity index (χ1) is 6.31. The van der Waals surface area contributed by atoms with E-state index in [0.29, 0.717) is 18.8 Å². The van der Waals surface area contributed by atoms with Crippen LogP contribution in [0.2, 0.25) is 0 Å². The fraction of sp³-hybridized carbons (Fsp3) is 0.889. The fourth-order valence-corrected chi connectivity index (χ4v) is 1.37. The summed E-state index contributed by atoms with van der Waals surface area (Å²) >= 11 is 1.57. The van der Waals surface area contributed by atoms with E-state index in [1.807, 2.05) is 0 Å². The van der Waals surface area contributed by atoms with Crippen LogP contribution in [0, 0.1) is 0 Å². The zero-order chi connectivity index (χ0) is 9.94. The number of unbranched alkanes of at least 4 members (excludes halogenated alkanes) is 1. The summed E-state index contributed by atoms with van der Waals surface area (Å²) in [5, 5.41) is 8.47. The molecule has 0 aromatic heterocycles. The van der Waals surface area contributed by atoms with Crippen molar-refractivity contribution in [1.29, 1.82) is 0 Å². The molecule has 13 heavy (non-hydrogen) atoms. The van der Waals surface area contributed by atoms with Crippen molar-refractivity contribution in [2.75, 3.05) is 24.7 Å². The summed E-state index contributed by atoms with van der Waals surface area (Å²) in [7, 11) is 0. The quantitative estimate of drug-likeness (QED) is 0.482. The summed E-state index contributed by atoms with van der Waals surface area (Å²) in [5.74, 6) is 1.31. The third kappa shape index (κ3) is 9.70. The van der Waals surface area contributed by atoms with Crippen LogP contribution in [-0.2, 0) is 9.53 Å². The van der Waals surface area contributed by atoms with E-state index in [2.05, 4.69) is 6.92 Å². The number of esters is 1. The minimum Gasteiger partial charge on any atom is -0.466 e. The molecule has 78 valence electrons. The molecule has 1 N–H and O–H groups in total. The van der Waals surface area contributed by atoms with Crippen LogP contribution in [0.5, 0.6) is 0 Å². The SMILES string of the molecule is CCCCOC(=O)CCSCCO. The van der Waals surface area contributed by atoms with Crippen molar-refractivity contribution in [1.82, 2.24) is 0 Å². The molecule has 0 aliphatic carbocycles. The Morgan fingerprint density at radius 1 is 1.46 bits per heavy atom. The molecule has 0 heterocycles. The summed E-state index contributed by atoms with van der Waals surface area (Å²) in [5.41, 5.74) is 0. The topological polar surface area (TPSA) is 46.5 Å². The molecule has 0 aliphatic rings. The van der Waals surface area contributed by atoms with Gasteiger partial charge >= 0.3 is 5.97 Å². The molecule has 0 aromatic rings. The molecule has 0 saturated heterocycles. The molecule has 0 spiro atoms. The van der Waals surface area contributed by atoms with Crippen molar-refractivity contribution in [3.05, 3.63) is 0 Å². The van der Waals surface area contributed by atoms with Crippen LogP contribution in [0.3, 0.4) is 0 Å². The molecule has 0 rings (SSSR count). The lowest BCUT2D eigenvalue weighted by atomic mass is 10.4. The Morgan fingerprint density at radius 2 is 2.23 bits per heavy atom. The van der Waals surface area contributed by atoms with Gasteiger partial charge in [-0.15, -0.1) is 0 Å². The number of hydrogen-bond acceptors (Lipinski definition) is 4. The van der Waals surface area contributed by atoms with Crippen molar-refractivity contribution in [2.45, 2.75) is 26.2 Å². The predicted molar refractivity (Wildman–Crippen MR) is 54.9 cm³/mol. The van der Waals surface area contributed by atoms with Crippen molar-refractivity contribution < 1.29 is 14.6 Å². The summed E-state index contributed by atoms with van der Waals surface area (Å²) in [6.07, 6.45) is 2.44. The van der Waals surface area contributed by atoms with Crippen molar-refractivity contribution in [3.63, 3.8) is 0 Å². The van der Waals surface area contributed by atoms with E-state index < -0.39 is 0 Å². The number of thioether (sulfide) groups is 1. The molecular formula is C9H18O3S. The number of carbonyl (C=O) groups is 1. The number of hydrogen-bond donors (Lipinski definition) is 1. The van der Waals surface area contributed by atoms with E-state index in [-0.39, 0.29) is 12.6 Å². The van der Waals surface area contributed by atoms with Crippen LogP contribution in [0.15, 0.2) is 0 Å². The maximum atomic E-state index is 11.0. The minimum absolute atomic E-state index is 0.126. The van der Waals surface area contributed by atoms with Gasteiger partial charge in [0.05, 0.1) is 19.6 Å². The Morgan fingerprint density at radius 3 is 2.85 bits per heavy atom. The highest BCUT2D eigenvalue weighted by molar-refractivity contribution is 7.99. The average Bonchev–Trinajstić information content (AvgIpc) is 2.13. The monoisotopic (exact) mass is 206 g/mol. The Kier molecular flexibility index (Phi) is 9.70. The maximum absolute atomic E-state index is 11.0. The van der Waals surface area contributed by atoms with Gasteiger partial charge < -0.3 is 9.84 Å². The van der Waals surface area contributed by atoms with Crippen LogP contribution >= 0.6 is 11.8 Å². The summed E-state index contributed by atoms with van der Waals surface area (Å²) in [6.45, 7) is 2.78. The molecule has 4 heteroatoms. The number of carbonyl (C=O) groups excluding carboxylic acids is 1. The van der Waals surface area contributed by atoms with Gasteiger partial charge in [-0.1, -0.05) is 13.3 Å². The van der Waals surface area contributed by atoms with Gasteiger partial charge in [0.25, 0.3) is 0 Å². The first kappa shape index (κ1) is 12.8. The van der Waals surface area contributed by atoms with Gasteiger partial charge in [-0.3, -0.25) is 4.79 Å². The highest BCUT2D eigenvalue weighted by atomic mass is 32.2. The molecule has 0 aromatic carbocycles. The highest BCUT2D eigenvalue weighted by Gasteiger charge is 2.01. The Balaban J connectivity index is 3.11. The van der Waals surface area contributed by atoms with E-state index in [4.69, 9.17) is 9.84 Å². The van der Waals surface area contributed by atoms with Gasteiger partial charge in [0.1, 0.15) is 0 Å². The predicted octanol–water partition coefficient (Wildman–Crippen LogP) is 1.45.